The van der Waals surface area contributed by atoms with Crippen molar-refractivity contribution in [2.45, 2.75) is 6.92 Å². The lowest BCUT2D eigenvalue weighted by molar-refractivity contribution is -0.611. The average Bonchev–Trinajstić information content (AvgIpc) is 2.23. The first-order chi connectivity index (χ1) is 6.79. The fourth-order valence-corrected chi connectivity index (χ4v) is 1.28. The normalized spacial score (nSPS) is 10.1. The van der Waals surface area contributed by atoms with Gasteiger partial charge in [0, 0.05) is 25.4 Å². The van der Waals surface area contributed by atoms with Gasteiger partial charge in [-0.1, -0.05) is 0 Å². The first kappa shape index (κ1) is 8.62. The first-order valence-corrected chi connectivity index (χ1v) is 4.24. The number of pyridine rings is 1. The quantitative estimate of drug-likeness (QED) is 0.496. The van der Waals surface area contributed by atoms with E-state index in [0.29, 0.717) is 5.69 Å². The zero-order valence-electron chi connectivity index (χ0n) is 7.71. The SMILES string of the molecule is Cc1c(-c2cnccn2)ccc[n+]1[O-]. The van der Waals surface area contributed by atoms with Crippen LogP contribution in [0.25, 0.3) is 11.3 Å². The maximum Gasteiger partial charge on any atom is 0.199 e. The van der Waals surface area contributed by atoms with Crippen LogP contribution in [0.2, 0.25) is 0 Å². The molecular formula is C10H9N3O. The van der Waals surface area contributed by atoms with Gasteiger partial charge in [0.05, 0.1) is 17.5 Å². The number of rotatable bonds is 1. The Morgan fingerprint density at radius 1 is 1.36 bits per heavy atom. The van der Waals surface area contributed by atoms with Crippen molar-refractivity contribution in [1.82, 2.24) is 9.97 Å². The van der Waals surface area contributed by atoms with Gasteiger partial charge in [0.15, 0.2) is 11.9 Å². The second-order valence-corrected chi connectivity index (χ2v) is 2.92. The smallest absolute Gasteiger partial charge is 0.199 e. The molecule has 0 unspecified atom stereocenters. The Labute approximate surface area is 81.5 Å². The molecule has 0 aromatic carbocycles. The molecule has 0 aliphatic carbocycles. The molecule has 0 spiro atoms. The van der Waals surface area contributed by atoms with Crippen molar-refractivity contribution in [2.24, 2.45) is 0 Å². The lowest BCUT2D eigenvalue weighted by Gasteiger charge is -2.04. The first-order valence-electron chi connectivity index (χ1n) is 4.24. The second-order valence-electron chi connectivity index (χ2n) is 2.92. The van der Waals surface area contributed by atoms with Crippen LogP contribution in [0.1, 0.15) is 5.69 Å². The molecule has 2 rings (SSSR count). The highest BCUT2D eigenvalue weighted by atomic mass is 16.5. The molecule has 4 heteroatoms. The number of hydrogen-bond donors (Lipinski definition) is 0. The van der Waals surface area contributed by atoms with Crippen LogP contribution in [0.4, 0.5) is 0 Å². The molecule has 0 aliphatic heterocycles. The van der Waals surface area contributed by atoms with E-state index in [2.05, 4.69) is 9.97 Å². The van der Waals surface area contributed by atoms with Gasteiger partial charge < -0.3 is 5.21 Å². The number of hydrogen-bond acceptors (Lipinski definition) is 3. The fourth-order valence-electron chi connectivity index (χ4n) is 1.28. The molecule has 0 fully saturated rings. The highest BCUT2D eigenvalue weighted by Gasteiger charge is 2.09. The summed E-state index contributed by atoms with van der Waals surface area (Å²) in [5.41, 5.74) is 2.17. The standard InChI is InChI=1S/C10H9N3O/c1-8-9(3-2-6-13(8)14)10-7-11-4-5-12-10/h2-7H,1H3. The van der Waals surface area contributed by atoms with Gasteiger partial charge in [0.2, 0.25) is 0 Å². The summed E-state index contributed by atoms with van der Waals surface area (Å²) in [6.07, 6.45) is 6.32. The summed E-state index contributed by atoms with van der Waals surface area (Å²) in [4.78, 5) is 8.09. The lowest BCUT2D eigenvalue weighted by atomic mass is 10.1. The number of aromatic nitrogens is 3. The second kappa shape index (κ2) is 3.41. The monoisotopic (exact) mass is 187 g/mol. The van der Waals surface area contributed by atoms with Crippen molar-refractivity contribution in [3.05, 3.63) is 47.8 Å². The van der Waals surface area contributed by atoms with Crippen LogP contribution in [0.15, 0.2) is 36.9 Å². The van der Waals surface area contributed by atoms with Crippen molar-refractivity contribution in [1.29, 1.82) is 0 Å². The van der Waals surface area contributed by atoms with Gasteiger partial charge in [-0.05, 0) is 6.07 Å². The van der Waals surface area contributed by atoms with E-state index in [1.165, 1.54) is 6.20 Å². The van der Waals surface area contributed by atoms with E-state index in [1.54, 1.807) is 31.6 Å². The largest absolute Gasteiger partial charge is 0.618 e. The van der Waals surface area contributed by atoms with Crippen LogP contribution < -0.4 is 4.73 Å². The van der Waals surface area contributed by atoms with Crippen LogP contribution in [-0.4, -0.2) is 9.97 Å². The maximum absolute atomic E-state index is 11.3. The van der Waals surface area contributed by atoms with Gasteiger partial charge in [0.1, 0.15) is 0 Å². The molecule has 2 aromatic rings. The summed E-state index contributed by atoms with van der Waals surface area (Å²) in [6, 6.07) is 3.55. The molecule has 0 amide bonds. The zero-order chi connectivity index (χ0) is 9.97. The van der Waals surface area contributed by atoms with E-state index < -0.39 is 0 Å². The highest BCUT2D eigenvalue weighted by Crippen LogP contribution is 2.16. The van der Waals surface area contributed by atoms with Crippen LogP contribution in [0.5, 0.6) is 0 Å². The van der Waals surface area contributed by atoms with Crippen LogP contribution in [0, 0.1) is 12.1 Å². The van der Waals surface area contributed by atoms with Crippen LogP contribution in [-0.2, 0) is 0 Å². The molecule has 0 N–H and O–H groups in total. The van der Waals surface area contributed by atoms with Crippen molar-refractivity contribution >= 4 is 0 Å². The van der Waals surface area contributed by atoms with Crippen molar-refractivity contribution < 1.29 is 4.73 Å². The van der Waals surface area contributed by atoms with Crippen molar-refractivity contribution in [2.75, 3.05) is 0 Å². The Kier molecular flexibility index (Phi) is 2.10. The lowest BCUT2D eigenvalue weighted by Crippen LogP contribution is -2.29. The Bertz CT molecular complexity index is 442. The Balaban J connectivity index is 2.58. The summed E-state index contributed by atoms with van der Waals surface area (Å²) < 4.78 is 0.823. The van der Waals surface area contributed by atoms with Crippen LogP contribution in [0.3, 0.4) is 0 Å². The Morgan fingerprint density at radius 2 is 2.21 bits per heavy atom. The molecular weight excluding hydrogens is 178 g/mol. The van der Waals surface area contributed by atoms with E-state index >= 15 is 0 Å². The molecule has 14 heavy (non-hydrogen) atoms. The fraction of sp³-hybridized carbons (Fsp3) is 0.100. The van der Waals surface area contributed by atoms with Gasteiger partial charge in [-0.2, -0.15) is 4.73 Å². The van der Waals surface area contributed by atoms with Gasteiger partial charge in [-0.15, -0.1) is 0 Å². The summed E-state index contributed by atoms with van der Waals surface area (Å²) >= 11 is 0. The third-order valence-corrected chi connectivity index (χ3v) is 2.04. The van der Waals surface area contributed by atoms with E-state index in [-0.39, 0.29) is 0 Å². The zero-order valence-corrected chi connectivity index (χ0v) is 7.71. The molecule has 0 saturated carbocycles. The minimum Gasteiger partial charge on any atom is -0.618 e. The minimum atomic E-state index is 0.632. The third kappa shape index (κ3) is 1.42. The topological polar surface area (TPSA) is 52.7 Å². The van der Waals surface area contributed by atoms with Gasteiger partial charge in [-0.3, -0.25) is 9.97 Å². The van der Waals surface area contributed by atoms with Crippen LogP contribution >= 0.6 is 0 Å². The van der Waals surface area contributed by atoms with Gasteiger partial charge in [0.25, 0.3) is 0 Å². The summed E-state index contributed by atoms with van der Waals surface area (Å²) in [5, 5.41) is 11.3. The van der Waals surface area contributed by atoms with Crippen molar-refractivity contribution in [3.8, 4) is 11.3 Å². The maximum atomic E-state index is 11.3. The van der Waals surface area contributed by atoms with E-state index in [0.717, 1.165) is 16.0 Å². The predicted octanol–water partition coefficient (Wildman–Crippen LogP) is 1.09. The predicted molar refractivity (Wildman–Crippen MR) is 51.2 cm³/mol. The molecule has 2 heterocycles. The molecule has 4 nitrogen and oxygen atoms in total. The Hall–Kier alpha value is -1.97. The molecule has 0 saturated heterocycles. The average molecular weight is 187 g/mol. The molecule has 2 aromatic heterocycles. The summed E-state index contributed by atoms with van der Waals surface area (Å²) in [7, 11) is 0. The van der Waals surface area contributed by atoms with E-state index in [9.17, 15) is 5.21 Å². The molecule has 70 valence electrons. The highest BCUT2D eigenvalue weighted by molar-refractivity contribution is 5.58. The molecule has 0 aliphatic rings. The molecule has 0 atom stereocenters. The van der Waals surface area contributed by atoms with E-state index in [1.807, 2.05) is 6.07 Å². The van der Waals surface area contributed by atoms with Gasteiger partial charge >= 0.3 is 0 Å². The van der Waals surface area contributed by atoms with Crippen molar-refractivity contribution in [3.63, 3.8) is 0 Å². The minimum absolute atomic E-state index is 0.632. The molecule has 0 bridgehead atoms. The number of nitrogens with zero attached hydrogens (tertiary/aromatic N) is 3. The van der Waals surface area contributed by atoms with E-state index in [4.69, 9.17) is 0 Å². The summed E-state index contributed by atoms with van der Waals surface area (Å²) in [5.74, 6) is 0. The summed E-state index contributed by atoms with van der Waals surface area (Å²) in [6.45, 7) is 1.76. The van der Waals surface area contributed by atoms with Gasteiger partial charge in [-0.25, -0.2) is 0 Å². The molecule has 0 radical (unpaired) electrons. The Morgan fingerprint density at radius 3 is 2.93 bits per heavy atom. The third-order valence-electron chi connectivity index (χ3n) is 2.04.